The Balaban J connectivity index is 2.04. The van der Waals surface area contributed by atoms with Gasteiger partial charge in [0.1, 0.15) is 0 Å². The highest BCUT2D eigenvalue weighted by Crippen LogP contribution is 2.36. The molecule has 106 valence electrons. The summed E-state index contributed by atoms with van der Waals surface area (Å²) in [7, 11) is 0. The first-order chi connectivity index (χ1) is 8.70. The maximum atomic E-state index is 6.19. The minimum Gasteiger partial charge on any atom is -0.376 e. The van der Waals surface area contributed by atoms with Crippen LogP contribution in [0.2, 0.25) is 0 Å². The summed E-state index contributed by atoms with van der Waals surface area (Å²) < 4.78 is 5.68. The maximum absolute atomic E-state index is 6.19. The standard InChI is InChI=1S/C15H30N2O/c1-3-14-5-4-7-15(12-16,8-6-14)17-9-10-18-13(2)11-17/h13-14H,3-12,16H2,1-2H3. The largest absolute Gasteiger partial charge is 0.376 e. The van der Waals surface area contributed by atoms with E-state index in [0.29, 0.717) is 6.10 Å². The van der Waals surface area contributed by atoms with Crippen molar-refractivity contribution in [3.63, 3.8) is 0 Å². The number of nitrogens with two attached hydrogens (primary N) is 1. The van der Waals surface area contributed by atoms with E-state index in [-0.39, 0.29) is 5.54 Å². The van der Waals surface area contributed by atoms with Crippen molar-refractivity contribution in [2.24, 2.45) is 11.7 Å². The van der Waals surface area contributed by atoms with Crippen LogP contribution in [0.4, 0.5) is 0 Å². The molecule has 3 heteroatoms. The zero-order chi connectivity index (χ0) is 13.0. The van der Waals surface area contributed by atoms with Crippen LogP contribution in [0.15, 0.2) is 0 Å². The summed E-state index contributed by atoms with van der Waals surface area (Å²) in [6.45, 7) is 8.33. The molecule has 18 heavy (non-hydrogen) atoms. The van der Waals surface area contributed by atoms with Crippen molar-refractivity contribution in [3.05, 3.63) is 0 Å². The zero-order valence-electron chi connectivity index (χ0n) is 12.2. The predicted molar refractivity (Wildman–Crippen MR) is 75.6 cm³/mol. The molecule has 2 fully saturated rings. The Labute approximate surface area is 112 Å². The first kappa shape index (κ1) is 14.3. The molecule has 0 radical (unpaired) electrons. The van der Waals surface area contributed by atoms with E-state index in [2.05, 4.69) is 18.7 Å². The van der Waals surface area contributed by atoms with Crippen molar-refractivity contribution in [2.45, 2.75) is 64.0 Å². The first-order valence-electron chi connectivity index (χ1n) is 7.77. The molecule has 3 unspecified atom stereocenters. The highest BCUT2D eigenvalue weighted by Gasteiger charge is 2.38. The summed E-state index contributed by atoms with van der Waals surface area (Å²) in [6, 6.07) is 0. The van der Waals surface area contributed by atoms with Gasteiger partial charge in [-0.1, -0.05) is 26.2 Å². The Morgan fingerprint density at radius 3 is 2.83 bits per heavy atom. The molecule has 1 aliphatic heterocycles. The predicted octanol–water partition coefficient (Wildman–Crippen LogP) is 2.39. The molecule has 1 heterocycles. The van der Waals surface area contributed by atoms with Gasteiger partial charge in [-0.05, 0) is 32.1 Å². The minimum atomic E-state index is 0.266. The monoisotopic (exact) mass is 254 g/mol. The highest BCUT2D eigenvalue weighted by atomic mass is 16.5. The van der Waals surface area contributed by atoms with E-state index in [9.17, 15) is 0 Å². The molecule has 1 aliphatic carbocycles. The van der Waals surface area contributed by atoms with Gasteiger partial charge in [0.25, 0.3) is 0 Å². The summed E-state index contributed by atoms with van der Waals surface area (Å²) in [5, 5.41) is 0. The lowest BCUT2D eigenvalue weighted by Gasteiger charge is -2.46. The van der Waals surface area contributed by atoms with Crippen molar-refractivity contribution in [2.75, 3.05) is 26.2 Å². The lowest BCUT2D eigenvalue weighted by Crippen LogP contribution is -2.58. The third-order valence-corrected chi connectivity index (χ3v) is 5.14. The van der Waals surface area contributed by atoms with Crippen LogP contribution in [0.25, 0.3) is 0 Å². The van der Waals surface area contributed by atoms with Gasteiger partial charge in [0, 0.05) is 25.2 Å². The number of rotatable bonds is 3. The molecule has 2 aliphatic rings. The average Bonchev–Trinajstić information content (AvgIpc) is 2.61. The van der Waals surface area contributed by atoms with Gasteiger partial charge >= 0.3 is 0 Å². The Morgan fingerprint density at radius 1 is 1.33 bits per heavy atom. The molecule has 0 aromatic heterocycles. The van der Waals surface area contributed by atoms with Crippen LogP contribution in [0.1, 0.15) is 52.4 Å². The van der Waals surface area contributed by atoms with Crippen molar-refractivity contribution >= 4 is 0 Å². The second kappa shape index (κ2) is 6.36. The second-order valence-corrected chi connectivity index (χ2v) is 6.26. The fourth-order valence-corrected chi connectivity index (χ4v) is 3.77. The van der Waals surface area contributed by atoms with Crippen molar-refractivity contribution in [1.82, 2.24) is 4.90 Å². The molecule has 1 saturated carbocycles. The lowest BCUT2D eigenvalue weighted by molar-refractivity contribution is -0.0650. The van der Waals surface area contributed by atoms with Crippen LogP contribution in [0.5, 0.6) is 0 Å². The van der Waals surface area contributed by atoms with E-state index in [4.69, 9.17) is 10.5 Å². The number of hydrogen-bond donors (Lipinski definition) is 1. The number of ether oxygens (including phenoxy) is 1. The summed E-state index contributed by atoms with van der Waals surface area (Å²) in [6.07, 6.45) is 8.38. The fraction of sp³-hybridized carbons (Fsp3) is 1.00. The minimum absolute atomic E-state index is 0.266. The Kier molecular flexibility index (Phi) is 5.05. The molecule has 2 rings (SSSR count). The molecule has 0 spiro atoms. The molecule has 0 aromatic carbocycles. The van der Waals surface area contributed by atoms with E-state index >= 15 is 0 Å². The van der Waals surface area contributed by atoms with Crippen LogP contribution in [0, 0.1) is 5.92 Å². The topological polar surface area (TPSA) is 38.5 Å². The normalized spacial score (nSPS) is 39.5. The SMILES string of the molecule is CCC1CCCC(CN)(N2CCOC(C)C2)CC1. The number of hydrogen-bond acceptors (Lipinski definition) is 3. The summed E-state index contributed by atoms with van der Waals surface area (Å²) in [5.41, 5.74) is 6.45. The van der Waals surface area contributed by atoms with Gasteiger partial charge in [-0.25, -0.2) is 0 Å². The van der Waals surface area contributed by atoms with E-state index in [1.807, 2.05) is 0 Å². The van der Waals surface area contributed by atoms with E-state index in [1.54, 1.807) is 0 Å². The van der Waals surface area contributed by atoms with Crippen molar-refractivity contribution < 1.29 is 4.74 Å². The summed E-state index contributed by atoms with van der Waals surface area (Å²) >= 11 is 0. The van der Waals surface area contributed by atoms with Crippen LogP contribution in [-0.4, -0.2) is 42.8 Å². The van der Waals surface area contributed by atoms with Crippen LogP contribution in [-0.2, 0) is 4.74 Å². The molecule has 0 bridgehead atoms. The van der Waals surface area contributed by atoms with Gasteiger partial charge in [-0.3, -0.25) is 4.90 Å². The van der Waals surface area contributed by atoms with E-state index < -0.39 is 0 Å². The van der Waals surface area contributed by atoms with Crippen LogP contribution in [0.3, 0.4) is 0 Å². The Hall–Kier alpha value is -0.120. The fourth-order valence-electron chi connectivity index (χ4n) is 3.77. The zero-order valence-corrected chi connectivity index (χ0v) is 12.2. The highest BCUT2D eigenvalue weighted by molar-refractivity contribution is 4.95. The van der Waals surface area contributed by atoms with Gasteiger partial charge in [0.05, 0.1) is 12.7 Å². The van der Waals surface area contributed by atoms with Crippen molar-refractivity contribution in [3.8, 4) is 0 Å². The first-order valence-corrected chi connectivity index (χ1v) is 7.77. The third kappa shape index (κ3) is 3.06. The van der Waals surface area contributed by atoms with Gasteiger partial charge < -0.3 is 10.5 Å². The summed E-state index contributed by atoms with van der Waals surface area (Å²) in [4.78, 5) is 2.64. The number of morpholine rings is 1. The third-order valence-electron chi connectivity index (χ3n) is 5.14. The molecule has 1 saturated heterocycles. The second-order valence-electron chi connectivity index (χ2n) is 6.26. The summed E-state index contributed by atoms with van der Waals surface area (Å²) in [5.74, 6) is 0.928. The van der Waals surface area contributed by atoms with Gasteiger partial charge in [0.15, 0.2) is 0 Å². The average molecular weight is 254 g/mol. The molecule has 3 atom stereocenters. The molecule has 2 N–H and O–H groups in total. The quantitative estimate of drug-likeness (QED) is 0.786. The molecule has 0 aromatic rings. The molecule has 0 amide bonds. The van der Waals surface area contributed by atoms with Gasteiger partial charge in [-0.15, -0.1) is 0 Å². The van der Waals surface area contributed by atoms with E-state index in [0.717, 1.165) is 32.2 Å². The lowest BCUT2D eigenvalue weighted by atomic mass is 9.86. The molecular weight excluding hydrogens is 224 g/mol. The number of nitrogens with zero attached hydrogens (tertiary/aromatic N) is 1. The molecule has 3 nitrogen and oxygen atoms in total. The van der Waals surface area contributed by atoms with Gasteiger partial charge in [-0.2, -0.15) is 0 Å². The van der Waals surface area contributed by atoms with E-state index in [1.165, 1.54) is 38.5 Å². The Morgan fingerprint density at radius 2 is 2.17 bits per heavy atom. The van der Waals surface area contributed by atoms with Crippen LogP contribution >= 0.6 is 0 Å². The van der Waals surface area contributed by atoms with Crippen molar-refractivity contribution in [1.29, 1.82) is 0 Å². The van der Waals surface area contributed by atoms with Crippen LogP contribution < -0.4 is 5.73 Å². The van der Waals surface area contributed by atoms with Gasteiger partial charge in [0.2, 0.25) is 0 Å². The molecular formula is C15H30N2O. The maximum Gasteiger partial charge on any atom is 0.0674 e. The smallest absolute Gasteiger partial charge is 0.0674 e. The Bertz CT molecular complexity index is 259.